The highest BCUT2D eigenvalue weighted by Crippen LogP contribution is 2.18. The summed E-state index contributed by atoms with van der Waals surface area (Å²) in [6.45, 7) is 1.95. The van der Waals surface area contributed by atoms with Crippen LogP contribution < -0.4 is 5.73 Å². The predicted molar refractivity (Wildman–Crippen MR) is 49.8 cm³/mol. The van der Waals surface area contributed by atoms with Gasteiger partial charge in [0.15, 0.2) is 0 Å². The van der Waals surface area contributed by atoms with Crippen LogP contribution >= 0.6 is 0 Å². The zero-order valence-electron chi connectivity index (χ0n) is 7.53. The van der Waals surface area contributed by atoms with Gasteiger partial charge in [0.2, 0.25) is 0 Å². The smallest absolute Gasteiger partial charge is 0.0969 e. The first-order valence-corrected chi connectivity index (χ1v) is 4.09. The summed E-state index contributed by atoms with van der Waals surface area (Å²) in [6, 6.07) is 10.0. The summed E-state index contributed by atoms with van der Waals surface area (Å²) in [5, 5.41) is 0. The summed E-state index contributed by atoms with van der Waals surface area (Å²) in [6.07, 6.45) is 0.00574. The highest BCUT2D eigenvalue weighted by atomic mass is 16.5. The first-order chi connectivity index (χ1) is 5.75. The summed E-state index contributed by atoms with van der Waals surface area (Å²) in [4.78, 5) is 0. The van der Waals surface area contributed by atoms with Gasteiger partial charge in [0, 0.05) is 13.2 Å². The van der Waals surface area contributed by atoms with E-state index in [2.05, 4.69) is 0 Å². The van der Waals surface area contributed by atoms with Gasteiger partial charge in [-0.2, -0.15) is 0 Å². The molecular weight excluding hydrogens is 150 g/mol. The molecule has 2 heteroatoms. The number of nitrogens with two attached hydrogens (primary N) is 1. The van der Waals surface area contributed by atoms with Gasteiger partial charge < -0.3 is 10.5 Å². The van der Waals surface area contributed by atoms with Crippen LogP contribution in [0.2, 0.25) is 0 Å². The first-order valence-electron chi connectivity index (χ1n) is 4.09. The molecule has 0 bridgehead atoms. The van der Waals surface area contributed by atoms with Crippen LogP contribution in [0, 0.1) is 0 Å². The zero-order chi connectivity index (χ0) is 8.97. The maximum absolute atomic E-state index is 5.75. The van der Waals surface area contributed by atoms with Crippen LogP contribution in [0.15, 0.2) is 30.3 Å². The van der Waals surface area contributed by atoms with Crippen molar-refractivity contribution in [2.75, 3.05) is 7.11 Å². The van der Waals surface area contributed by atoms with Crippen molar-refractivity contribution in [2.24, 2.45) is 5.73 Å². The second kappa shape index (κ2) is 4.24. The van der Waals surface area contributed by atoms with E-state index < -0.39 is 0 Å². The van der Waals surface area contributed by atoms with Crippen molar-refractivity contribution < 1.29 is 4.74 Å². The Bertz CT molecular complexity index is 221. The number of benzene rings is 1. The number of hydrogen-bond acceptors (Lipinski definition) is 2. The average Bonchev–Trinajstić information content (AvgIpc) is 2.07. The Morgan fingerprint density at radius 1 is 1.25 bits per heavy atom. The van der Waals surface area contributed by atoms with Crippen LogP contribution in [-0.2, 0) is 4.74 Å². The SMILES string of the molecule is COC(c1ccccc1)[C@@H](C)N. The molecule has 0 saturated carbocycles. The number of methoxy groups -OCH3 is 1. The van der Waals surface area contributed by atoms with E-state index in [0.29, 0.717) is 0 Å². The van der Waals surface area contributed by atoms with Crippen LogP contribution in [0.1, 0.15) is 18.6 Å². The fourth-order valence-electron chi connectivity index (χ4n) is 1.30. The van der Waals surface area contributed by atoms with Crippen LogP contribution in [-0.4, -0.2) is 13.2 Å². The van der Waals surface area contributed by atoms with Crippen molar-refractivity contribution in [3.63, 3.8) is 0 Å². The van der Waals surface area contributed by atoms with Gasteiger partial charge in [-0.15, -0.1) is 0 Å². The van der Waals surface area contributed by atoms with E-state index >= 15 is 0 Å². The molecule has 1 unspecified atom stereocenters. The monoisotopic (exact) mass is 165 g/mol. The highest BCUT2D eigenvalue weighted by Gasteiger charge is 2.13. The molecule has 66 valence electrons. The topological polar surface area (TPSA) is 35.2 Å². The van der Waals surface area contributed by atoms with E-state index in [1.165, 1.54) is 0 Å². The van der Waals surface area contributed by atoms with Crippen molar-refractivity contribution in [3.8, 4) is 0 Å². The predicted octanol–water partition coefficient (Wildman–Crippen LogP) is 1.72. The molecular formula is C10H15NO. The number of hydrogen-bond donors (Lipinski definition) is 1. The Morgan fingerprint density at radius 3 is 2.25 bits per heavy atom. The Balaban J connectivity index is 2.80. The quantitative estimate of drug-likeness (QED) is 0.740. The zero-order valence-corrected chi connectivity index (χ0v) is 7.53. The minimum absolute atomic E-state index is 0.00574. The summed E-state index contributed by atoms with van der Waals surface area (Å²) in [5.41, 5.74) is 6.89. The van der Waals surface area contributed by atoms with Crippen molar-refractivity contribution in [1.29, 1.82) is 0 Å². The Morgan fingerprint density at radius 2 is 1.83 bits per heavy atom. The molecule has 0 heterocycles. The fraction of sp³-hybridized carbons (Fsp3) is 0.400. The van der Waals surface area contributed by atoms with Crippen molar-refractivity contribution in [1.82, 2.24) is 0 Å². The lowest BCUT2D eigenvalue weighted by molar-refractivity contribution is 0.0854. The molecule has 12 heavy (non-hydrogen) atoms. The van der Waals surface area contributed by atoms with E-state index in [0.717, 1.165) is 5.56 Å². The van der Waals surface area contributed by atoms with Crippen molar-refractivity contribution in [3.05, 3.63) is 35.9 Å². The summed E-state index contributed by atoms with van der Waals surface area (Å²) in [7, 11) is 1.68. The maximum Gasteiger partial charge on any atom is 0.0969 e. The van der Waals surface area contributed by atoms with Gasteiger partial charge in [-0.25, -0.2) is 0 Å². The molecule has 0 amide bonds. The van der Waals surface area contributed by atoms with Crippen LogP contribution in [0.4, 0.5) is 0 Å². The van der Waals surface area contributed by atoms with Gasteiger partial charge in [-0.1, -0.05) is 30.3 Å². The third kappa shape index (κ3) is 2.06. The Labute approximate surface area is 73.3 Å². The van der Waals surface area contributed by atoms with Crippen LogP contribution in [0.3, 0.4) is 0 Å². The number of ether oxygens (including phenoxy) is 1. The Kier molecular flexibility index (Phi) is 3.26. The third-order valence-electron chi connectivity index (χ3n) is 1.86. The van der Waals surface area contributed by atoms with E-state index in [4.69, 9.17) is 10.5 Å². The van der Waals surface area contributed by atoms with Gasteiger partial charge in [0.25, 0.3) is 0 Å². The lowest BCUT2D eigenvalue weighted by Gasteiger charge is -2.19. The molecule has 2 nitrogen and oxygen atoms in total. The standard InChI is InChI=1S/C10H15NO/c1-8(11)10(12-2)9-6-4-3-5-7-9/h3-8,10H,11H2,1-2H3/t8-,10?/m1/s1. The second-order valence-electron chi connectivity index (χ2n) is 2.93. The minimum atomic E-state index is 0.00574. The molecule has 1 rings (SSSR count). The van der Waals surface area contributed by atoms with Crippen LogP contribution in [0.25, 0.3) is 0 Å². The molecule has 0 fully saturated rings. The normalized spacial score (nSPS) is 15.6. The fourth-order valence-corrected chi connectivity index (χ4v) is 1.30. The van der Waals surface area contributed by atoms with Crippen molar-refractivity contribution in [2.45, 2.75) is 19.1 Å². The maximum atomic E-state index is 5.75. The highest BCUT2D eigenvalue weighted by molar-refractivity contribution is 5.18. The van der Waals surface area contributed by atoms with E-state index in [9.17, 15) is 0 Å². The molecule has 1 aromatic carbocycles. The van der Waals surface area contributed by atoms with E-state index in [1.54, 1.807) is 7.11 Å². The molecule has 0 aliphatic heterocycles. The molecule has 2 atom stereocenters. The Hall–Kier alpha value is -0.860. The molecule has 0 radical (unpaired) electrons. The van der Waals surface area contributed by atoms with Gasteiger partial charge in [-0.05, 0) is 12.5 Å². The molecule has 0 saturated heterocycles. The minimum Gasteiger partial charge on any atom is -0.375 e. The third-order valence-corrected chi connectivity index (χ3v) is 1.86. The largest absolute Gasteiger partial charge is 0.375 e. The van der Waals surface area contributed by atoms with E-state index in [1.807, 2.05) is 37.3 Å². The summed E-state index contributed by atoms with van der Waals surface area (Å²) >= 11 is 0. The van der Waals surface area contributed by atoms with Gasteiger partial charge in [0.1, 0.15) is 0 Å². The molecule has 0 aliphatic rings. The van der Waals surface area contributed by atoms with Gasteiger partial charge >= 0.3 is 0 Å². The summed E-state index contributed by atoms with van der Waals surface area (Å²) < 4.78 is 5.27. The number of rotatable bonds is 3. The lowest BCUT2D eigenvalue weighted by atomic mass is 10.0. The van der Waals surface area contributed by atoms with Crippen LogP contribution in [0.5, 0.6) is 0 Å². The first kappa shape index (κ1) is 9.23. The molecule has 0 aromatic heterocycles. The second-order valence-corrected chi connectivity index (χ2v) is 2.93. The molecule has 0 aliphatic carbocycles. The van der Waals surface area contributed by atoms with Crippen molar-refractivity contribution >= 4 is 0 Å². The van der Waals surface area contributed by atoms with Gasteiger partial charge in [-0.3, -0.25) is 0 Å². The molecule has 2 N–H and O–H groups in total. The summed E-state index contributed by atoms with van der Waals surface area (Å²) in [5.74, 6) is 0. The lowest BCUT2D eigenvalue weighted by Crippen LogP contribution is -2.25. The van der Waals surface area contributed by atoms with Gasteiger partial charge in [0.05, 0.1) is 6.10 Å². The molecule has 0 spiro atoms. The van der Waals surface area contributed by atoms with E-state index in [-0.39, 0.29) is 12.1 Å². The molecule has 1 aromatic rings. The average molecular weight is 165 g/mol.